The first-order valence-electron chi connectivity index (χ1n) is 8.24. The van der Waals surface area contributed by atoms with Gasteiger partial charge >= 0.3 is 5.97 Å². The van der Waals surface area contributed by atoms with Crippen LogP contribution in [-0.2, 0) is 11.2 Å². The lowest BCUT2D eigenvalue weighted by atomic mass is 10.1. The SMILES string of the molecule is COC(=O)c1cc(Cc2ccccc2)sc1NC(=S)Nc1ccc(Cl)cc1Cl. The van der Waals surface area contributed by atoms with Crippen molar-refractivity contribution in [3.05, 3.63) is 80.6 Å². The van der Waals surface area contributed by atoms with Gasteiger partial charge in [-0.3, -0.25) is 0 Å². The van der Waals surface area contributed by atoms with Crippen molar-refractivity contribution < 1.29 is 9.53 Å². The number of methoxy groups -OCH3 is 1. The predicted molar refractivity (Wildman–Crippen MR) is 121 cm³/mol. The summed E-state index contributed by atoms with van der Waals surface area (Å²) in [6, 6.07) is 16.9. The highest BCUT2D eigenvalue weighted by Crippen LogP contribution is 2.31. The summed E-state index contributed by atoms with van der Waals surface area (Å²) in [5.41, 5.74) is 2.20. The zero-order chi connectivity index (χ0) is 20.1. The van der Waals surface area contributed by atoms with Crippen molar-refractivity contribution in [2.24, 2.45) is 0 Å². The minimum Gasteiger partial charge on any atom is -0.465 e. The third-order valence-electron chi connectivity index (χ3n) is 3.82. The van der Waals surface area contributed by atoms with Gasteiger partial charge in [-0.05, 0) is 42.0 Å². The molecule has 0 saturated heterocycles. The normalized spacial score (nSPS) is 10.4. The van der Waals surface area contributed by atoms with Crippen LogP contribution in [0.1, 0.15) is 20.8 Å². The van der Waals surface area contributed by atoms with Crippen LogP contribution in [0.15, 0.2) is 54.6 Å². The molecule has 0 radical (unpaired) electrons. The van der Waals surface area contributed by atoms with E-state index in [1.165, 1.54) is 18.4 Å². The smallest absolute Gasteiger partial charge is 0.340 e. The van der Waals surface area contributed by atoms with Crippen molar-refractivity contribution in [2.45, 2.75) is 6.42 Å². The van der Waals surface area contributed by atoms with Gasteiger partial charge < -0.3 is 15.4 Å². The summed E-state index contributed by atoms with van der Waals surface area (Å²) in [6.45, 7) is 0. The Kier molecular flexibility index (Phi) is 6.91. The topological polar surface area (TPSA) is 50.4 Å². The van der Waals surface area contributed by atoms with Crippen LogP contribution in [0, 0.1) is 0 Å². The minimum absolute atomic E-state index is 0.308. The van der Waals surface area contributed by atoms with Crippen molar-refractivity contribution in [2.75, 3.05) is 17.7 Å². The quantitative estimate of drug-likeness (QED) is 0.355. The van der Waals surface area contributed by atoms with Crippen LogP contribution >= 0.6 is 46.8 Å². The molecule has 144 valence electrons. The van der Waals surface area contributed by atoms with Crippen LogP contribution in [0.3, 0.4) is 0 Å². The lowest BCUT2D eigenvalue weighted by molar-refractivity contribution is 0.0602. The summed E-state index contributed by atoms with van der Waals surface area (Å²) >= 11 is 18.9. The molecule has 4 nitrogen and oxygen atoms in total. The number of carbonyl (C=O) groups excluding carboxylic acids is 1. The summed E-state index contributed by atoms with van der Waals surface area (Å²) in [7, 11) is 1.35. The molecule has 3 rings (SSSR count). The number of ether oxygens (including phenoxy) is 1. The Morgan fingerprint density at radius 3 is 2.54 bits per heavy atom. The Balaban J connectivity index is 1.79. The third kappa shape index (κ3) is 5.23. The standard InChI is InChI=1S/C20H16Cl2N2O2S2/c1-26-19(25)15-11-14(9-12-5-3-2-4-6-12)28-18(15)24-20(27)23-17-8-7-13(21)10-16(17)22/h2-8,10-11H,9H2,1H3,(H2,23,24,27). The number of thiophene rings is 1. The second kappa shape index (κ2) is 9.39. The van der Waals surface area contributed by atoms with Crippen molar-refractivity contribution in [3.8, 4) is 0 Å². The summed E-state index contributed by atoms with van der Waals surface area (Å²) in [5.74, 6) is -0.426. The van der Waals surface area contributed by atoms with Gasteiger partial charge in [0.05, 0.1) is 23.4 Å². The van der Waals surface area contributed by atoms with E-state index in [2.05, 4.69) is 10.6 Å². The highest BCUT2D eigenvalue weighted by atomic mass is 35.5. The Morgan fingerprint density at radius 2 is 1.86 bits per heavy atom. The van der Waals surface area contributed by atoms with Crippen LogP contribution < -0.4 is 10.6 Å². The van der Waals surface area contributed by atoms with E-state index < -0.39 is 5.97 Å². The van der Waals surface area contributed by atoms with E-state index in [-0.39, 0.29) is 0 Å². The summed E-state index contributed by atoms with van der Waals surface area (Å²) in [5, 5.41) is 7.98. The van der Waals surface area contributed by atoms with Crippen molar-refractivity contribution in [1.82, 2.24) is 0 Å². The second-order valence-corrected chi connectivity index (χ2v) is 8.20. The average Bonchev–Trinajstić information content (AvgIpc) is 3.06. The van der Waals surface area contributed by atoms with Crippen LogP contribution in [0.2, 0.25) is 10.0 Å². The van der Waals surface area contributed by atoms with Crippen molar-refractivity contribution in [3.63, 3.8) is 0 Å². The molecule has 0 aliphatic heterocycles. The van der Waals surface area contributed by atoms with E-state index in [4.69, 9.17) is 40.2 Å². The molecule has 2 aromatic carbocycles. The number of anilines is 2. The maximum Gasteiger partial charge on any atom is 0.340 e. The van der Waals surface area contributed by atoms with Crippen molar-refractivity contribution >= 4 is 68.5 Å². The van der Waals surface area contributed by atoms with E-state index >= 15 is 0 Å². The molecule has 0 spiro atoms. The lowest BCUT2D eigenvalue weighted by Crippen LogP contribution is -2.20. The molecule has 0 unspecified atom stereocenters. The number of halogens is 2. The molecule has 1 aromatic heterocycles. The highest BCUT2D eigenvalue weighted by molar-refractivity contribution is 7.80. The second-order valence-electron chi connectivity index (χ2n) is 5.81. The van der Waals surface area contributed by atoms with Crippen LogP contribution in [-0.4, -0.2) is 18.2 Å². The number of benzene rings is 2. The van der Waals surface area contributed by atoms with Crippen LogP contribution in [0.4, 0.5) is 10.7 Å². The number of carbonyl (C=O) groups is 1. The highest BCUT2D eigenvalue weighted by Gasteiger charge is 2.18. The molecule has 8 heteroatoms. The zero-order valence-electron chi connectivity index (χ0n) is 14.8. The van der Waals surface area contributed by atoms with Crippen LogP contribution in [0.5, 0.6) is 0 Å². The number of thiocarbonyl (C=S) groups is 1. The summed E-state index contributed by atoms with van der Waals surface area (Å²) in [6.07, 6.45) is 0.709. The van der Waals surface area contributed by atoms with Crippen molar-refractivity contribution in [1.29, 1.82) is 0 Å². The van der Waals surface area contributed by atoms with Gasteiger partial charge in [0.1, 0.15) is 5.00 Å². The number of hydrogen-bond donors (Lipinski definition) is 2. The Bertz CT molecular complexity index is 1010. The first-order valence-corrected chi connectivity index (χ1v) is 10.2. The summed E-state index contributed by atoms with van der Waals surface area (Å²) < 4.78 is 4.90. The molecular weight excluding hydrogens is 435 g/mol. The molecule has 0 aliphatic rings. The van der Waals surface area contributed by atoms with Gasteiger partial charge in [-0.1, -0.05) is 53.5 Å². The van der Waals surface area contributed by atoms with E-state index in [0.29, 0.717) is 37.8 Å². The Hall–Kier alpha value is -2.12. The maximum atomic E-state index is 12.2. The monoisotopic (exact) mass is 450 g/mol. The third-order valence-corrected chi connectivity index (χ3v) is 5.62. The fourth-order valence-corrected chi connectivity index (χ4v) is 4.34. The number of hydrogen-bond acceptors (Lipinski definition) is 4. The molecule has 0 aliphatic carbocycles. The van der Waals surface area contributed by atoms with E-state index in [1.54, 1.807) is 18.2 Å². The first kappa shape index (κ1) is 20.6. The predicted octanol–water partition coefficient (Wildman–Crippen LogP) is 6.24. The molecule has 1 heterocycles. The van der Waals surface area contributed by atoms with Gasteiger partial charge in [0, 0.05) is 16.3 Å². The fraction of sp³-hybridized carbons (Fsp3) is 0.100. The van der Waals surface area contributed by atoms with Gasteiger partial charge in [-0.2, -0.15) is 0 Å². The van der Waals surface area contributed by atoms with Gasteiger partial charge in [-0.15, -0.1) is 11.3 Å². The first-order chi connectivity index (χ1) is 13.5. The number of nitrogens with one attached hydrogen (secondary N) is 2. The molecule has 3 aromatic rings. The van der Waals surface area contributed by atoms with Gasteiger partial charge in [0.2, 0.25) is 0 Å². The largest absolute Gasteiger partial charge is 0.465 e. The number of esters is 1. The minimum atomic E-state index is -0.426. The molecule has 0 fully saturated rings. The van der Waals surface area contributed by atoms with Gasteiger partial charge in [0.25, 0.3) is 0 Å². The molecule has 0 amide bonds. The van der Waals surface area contributed by atoms with E-state index in [9.17, 15) is 4.79 Å². The molecule has 0 bridgehead atoms. The van der Waals surface area contributed by atoms with E-state index in [1.807, 2.05) is 36.4 Å². The van der Waals surface area contributed by atoms with Gasteiger partial charge in [0.15, 0.2) is 5.11 Å². The molecule has 28 heavy (non-hydrogen) atoms. The van der Waals surface area contributed by atoms with Gasteiger partial charge in [-0.25, -0.2) is 4.79 Å². The summed E-state index contributed by atoms with van der Waals surface area (Å²) in [4.78, 5) is 13.2. The van der Waals surface area contributed by atoms with E-state index in [0.717, 1.165) is 10.4 Å². The Morgan fingerprint density at radius 1 is 1.11 bits per heavy atom. The fourth-order valence-electron chi connectivity index (χ4n) is 2.53. The lowest BCUT2D eigenvalue weighted by Gasteiger charge is -2.11. The molecule has 0 saturated carbocycles. The molecular formula is C20H16Cl2N2O2S2. The Labute approximate surface area is 182 Å². The number of rotatable bonds is 5. The maximum absolute atomic E-state index is 12.2. The zero-order valence-corrected chi connectivity index (χ0v) is 17.9. The molecule has 2 N–H and O–H groups in total. The van der Waals surface area contributed by atoms with Crippen LogP contribution in [0.25, 0.3) is 0 Å². The molecule has 0 atom stereocenters. The average molecular weight is 451 g/mol.